The molecule has 4 atom stereocenters. The molecule has 4 unspecified atom stereocenters. The van der Waals surface area contributed by atoms with Crippen LogP contribution < -0.4 is 0 Å². The molecule has 0 nitrogen and oxygen atoms in total. The van der Waals surface area contributed by atoms with Crippen LogP contribution in [0.3, 0.4) is 0 Å². The van der Waals surface area contributed by atoms with Crippen LogP contribution in [0.4, 0.5) is 0 Å². The fourth-order valence-electron chi connectivity index (χ4n) is 6.26. The van der Waals surface area contributed by atoms with Gasteiger partial charge in [0.2, 0.25) is 0 Å². The molecule has 0 saturated heterocycles. The number of hydrogen-bond acceptors (Lipinski definition) is 0. The molecule has 0 amide bonds. The third-order valence-corrected chi connectivity index (χ3v) is 7.03. The Labute approximate surface area is 111 Å². The van der Waals surface area contributed by atoms with Crippen LogP contribution in [0, 0.1) is 28.1 Å². The lowest BCUT2D eigenvalue weighted by molar-refractivity contribution is 0.0725. The molecule has 0 heteroatoms. The molecule has 4 aliphatic carbocycles. The van der Waals surface area contributed by atoms with E-state index >= 15 is 0 Å². The normalized spacial score (nSPS) is 51.3. The van der Waals surface area contributed by atoms with Gasteiger partial charge in [-0.3, -0.25) is 0 Å². The highest BCUT2D eigenvalue weighted by molar-refractivity contribution is 5.53. The van der Waals surface area contributed by atoms with Crippen LogP contribution in [-0.2, 0) is 0 Å². The van der Waals surface area contributed by atoms with Gasteiger partial charge in [-0.1, -0.05) is 56.7 Å². The highest BCUT2D eigenvalue weighted by Gasteiger charge is 2.80. The summed E-state index contributed by atoms with van der Waals surface area (Å²) in [6, 6.07) is 0. The Morgan fingerprint density at radius 2 is 2.06 bits per heavy atom. The molecule has 2 saturated carbocycles. The Hall–Kier alpha value is -0.780. The Bertz CT molecular complexity index is 504. The van der Waals surface area contributed by atoms with Crippen LogP contribution in [-0.4, -0.2) is 0 Å². The lowest BCUT2D eigenvalue weighted by atomic mass is 9.50. The van der Waals surface area contributed by atoms with E-state index in [4.69, 9.17) is 0 Å². The first-order valence-electron chi connectivity index (χ1n) is 7.54. The Morgan fingerprint density at radius 1 is 1.28 bits per heavy atom. The van der Waals surface area contributed by atoms with E-state index in [1.54, 1.807) is 5.57 Å². The second-order valence-corrected chi connectivity index (χ2v) is 7.70. The lowest BCUT2D eigenvalue weighted by Gasteiger charge is -2.54. The van der Waals surface area contributed by atoms with E-state index in [0.29, 0.717) is 22.2 Å². The lowest BCUT2D eigenvalue weighted by Crippen LogP contribution is -2.46. The van der Waals surface area contributed by atoms with Crippen molar-refractivity contribution in [2.24, 2.45) is 28.1 Å². The predicted octanol–water partition coefficient (Wildman–Crippen LogP) is 4.89. The van der Waals surface area contributed by atoms with Crippen LogP contribution in [0.25, 0.3) is 0 Å². The molecular weight excluding hydrogens is 216 g/mol. The van der Waals surface area contributed by atoms with Gasteiger partial charge >= 0.3 is 0 Å². The average molecular weight is 240 g/mol. The van der Waals surface area contributed by atoms with Crippen LogP contribution in [0.1, 0.15) is 46.5 Å². The molecule has 1 spiro atoms. The van der Waals surface area contributed by atoms with Crippen molar-refractivity contribution in [3.8, 4) is 0 Å². The van der Waals surface area contributed by atoms with Crippen LogP contribution in [0.5, 0.6) is 0 Å². The summed E-state index contributed by atoms with van der Waals surface area (Å²) in [5, 5.41) is 0. The molecule has 0 aromatic rings. The van der Waals surface area contributed by atoms with Crippen LogP contribution >= 0.6 is 0 Å². The predicted molar refractivity (Wildman–Crippen MR) is 76.1 cm³/mol. The molecule has 96 valence electrons. The first kappa shape index (κ1) is 11.1. The molecular formula is C18H24. The van der Waals surface area contributed by atoms with Crippen molar-refractivity contribution in [2.75, 3.05) is 0 Å². The van der Waals surface area contributed by atoms with Gasteiger partial charge in [-0.05, 0) is 42.9 Å². The third-order valence-electron chi connectivity index (χ3n) is 7.03. The van der Waals surface area contributed by atoms with E-state index in [9.17, 15) is 0 Å². The summed E-state index contributed by atoms with van der Waals surface area (Å²) >= 11 is 0. The third kappa shape index (κ3) is 0.849. The number of hydrogen-bond donors (Lipinski definition) is 0. The van der Waals surface area contributed by atoms with Crippen molar-refractivity contribution in [3.05, 3.63) is 36.0 Å². The maximum absolute atomic E-state index is 4.39. The number of allylic oxidation sites excluding steroid dienone is 5. The molecule has 4 aliphatic rings. The summed E-state index contributed by atoms with van der Waals surface area (Å²) in [5.74, 6) is 1.57. The smallest absolute Gasteiger partial charge is 0.0107 e. The van der Waals surface area contributed by atoms with Gasteiger partial charge in [-0.25, -0.2) is 0 Å². The largest absolute Gasteiger partial charge is 0.0955 e. The van der Waals surface area contributed by atoms with Gasteiger partial charge in [0.1, 0.15) is 0 Å². The van der Waals surface area contributed by atoms with Crippen molar-refractivity contribution in [2.45, 2.75) is 46.5 Å². The Kier molecular flexibility index (Phi) is 1.76. The van der Waals surface area contributed by atoms with Crippen molar-refractivity contribution < 1.29 is 0 Å². The number of rotatable bonds is 0. The van der Waals surface area contributed by atoms with Gasteiger partial charge in [-0.15, -0.1) is 0 Å². The van der Waals surface area contributed by atoms with Gasteiger partial charge in [0.25, 0.3) is 0 Å². The SMILES string of the molecule is C=C1C=C2CCCC3CC=CC4(C1C4(C)C)C23C. The minimum absolute atomic E-state index is 0.393. The molecule has 0 aromatic heterocycles. The summed E-state index contributed by atoms with van der Waals surface area (Å²) in [4.78, 5) is 0. The van der Waals surface area contributed by atoms with Crippen molar-refractivity contribution in [1.82, 2.24) is 0 Å². The maximum atomic E-state index is 4.39. The highest BCUT2D eigenvalue weighted by atomic mass is 14.8. The first-order chi connectivity index (χ1) is 8.46. The van der Waals surface area contributed by atoms with E-state index in [2.05, 4.69) is 45.6 Å². The Morgan fingerprint density at radius 3 is 2.83 bits per heavy atom. The second kappa shape index (κ2) is 2.86. The standard InChI is InChI=1S/C18H24/c1-12-11-14-8-5-7-13-9-6-10-18(17(13,14)4)15(12)16(18,2)3/h6,10-11,13,15H,1,5,7-9H2,2-4H3. The fourth-order valence-corrected chi connectivity index (χ4v) is 6.26. The molecule has 4 rings (SSSR count). The zero-order valence-electron chi connectivity index (χ0n) is 11.9. The Balaban J connectivity index is 2.00. The molecule has 0 aliphatic heterocycles. The van der Waals surface area contributed by atoms with Crippen molar-refractivity contribution >= 4 is 0 Å². The molecule has 0 aromatic carbocycles. The minimum atomic E-state index is 0.393. The topological polar surface area (TPSA) is 0 Å². The molecule has 0 radical (unpaired) electrons. The van der Waals surface area contributed by atoms with Gasteiger partial charge in [0, 0.05) is 10.8 Å². The zero-order valence-corrected chi connectivity index (χ0v) is 11.9. The van der Waals surface area contributed by atoms with Gasteiger partial charge in [0.05, 0.1) is 0 Å². The van der Waals surface area contributed by atoms with E-state index < -0.39 is 0 Å². The monoisotopic (exact) mass is 240 g/mol. The molecule has 18 heavy (non-hydrogen) atoms. The quantitative estimate of drug-likeness (QED) is 0.529. The van der Waals surface area contributed by atoms with Crippen LogP contribution in [0.15, 0.2) is 36.0 Å². The van der Waals surface area contributed by atoms with E-state index in [-0.39, 0.29) is 0 Å². The summed E-state index contributed by atoms with van der Waals surface area (Å²) in [6.07, 6.45) is 13.0. The summed E-state index contributed by atoms with van der Waals surface area (Å²) in [5.41, 5.74) is 4.35. The minimum Gasteiger partial charge on any atom is -0.0955 e. The van der Waals surface area contributed by atoms with Crippen molar-refractivity contribution in [1.29, 1.82) is 0 Å². The summed E-state index contributed by atoms with van der Waals surface area (Å²) < 4.78 is 0. The van der Waals surface area contributed by atoms with E-state index in [1.807, 2.05) is 0 Å². The van der Waals surface area contributed by atoms with Gasteiger partial charge in [-0.2, -0.15) is 0 Å². The fraction of sp³-hybridized carbons (Fsp3) is 0.667. The second-order valence-electron chi connectivity index (χ2n) is 7.70. The van der Waals surface area contributed by atoms with E-state index in [0.717, 1.165) is 5.92 Å². The average Bonchev–Trinajstić information content (AvgIpc) is 2.80. The molecule has 0 heterocycles. The van der Waals surface area contributed by atoms with Crippen molar-refractivity contribution in [3.63, 3.8) is 0 Å². The molecule has 0 bridgehead atoms. The zero-order chi connectivity index (χ0) is 12.8. The maximum Gasteiger partial charge on any atom is 0.0107 e. The first-order valence-corrected chi connectivity index (χ1v) is 7.54. The highest BCUT2D eigenvalue weighted by Crippen LogP contribution is 2.85. The summed E-state index contributed by atoms with van der Waals surface area (Å²) in [6.45, 7) is 11.9. The summed E-state index contributed by atoms with van der Waals surface area (Å²) in [7, 11) is 0. The van der Waals surface area contributed by atoms with Gasteiger partial charge < -0.3 is 0 Å². The van der Waals surface area contributed by atoms with E-state index in [1.165, 1.54) is 31.3 Å². The van der Waals surface area contributed by atoms with Gasteiger partial charge in [0.15, 0.2) is 0 Å². The van der Waals surface area contributed by atoms with Crippen LogP contribution in [0.2, 0.25) is 0 Å². The molecule has 0 N–H and O–H groups in total. The molecule has 2 fully saturated rings.